The Bertz CT molecular complexity index is 866. The van der Waals surface area contributed by atoms with E-state index in [2.05, 4.69) is 58.7 Å². The molecule has 27 heavy (non-hydrogen) atoms. The highest BCUT2D eigenvalue weighted by Gasteiger charge is 2.16. The Hall–Kier alpha value is -2.89. The normalized spacial score (nSPS) is 10.9. The molecule has 2 N–H and O–H groups in total. The topological polar surface area (TPSA) is 73.9 Å². The summed E-state index contributed by atoms with van der Waals surface area (Å²) in [5.41, 5.74) is 2.82. The lowest BCUT2D eigenvalue weighted by Crippen LogP contribution is -2.33. The summed E-state index contributed by atoms with van der Waals surface area (Å²) >= 11 is 0. The van der Waals surface area contributed by atoms with Crippen LogP contribution in [-0.4, -0.2) is 45.6 Å². The molecule has 1 amide bonds. The number of nitrogens with one attached hydrogen (secondary N) is 2. The molecular weight excluding hydrogens is 338 g/mol. The van der Waals surface area contributed by atoms with E-state index in [9.17, 15) is 4.79 Å². The van der Waals surface area contributed by atoms with Crippen LogP contribution in [0.25, 0.3) is 10.9 Å². The minimum absolute atomic E-state index is 0.0449. The number of hydrogen-bond acceptors (Lipinski definition) is 4. The van der Waals surface area contributed by atoms with E-state index in [1.807, 2.05) is 17.0 Å². The lowest BCUT2D eigenvalue weighted by atomic mass is 10.1. The van der Waals surface area contributed by atoms with E-state index in [1.165, 1.54) is 10.9 Å². The average molecular weight is 365 g/mol. The fraction of sp³-hybridized carbons (Fsp3) is 0.381. The van der Waals surface area contributed by atoms with Gasteiger partial charge in [-0.2, -0.15) is 0 Å². The van der Waals surface area contributed by atoms with Crippen molar-refractivity contribution in [2.75, 3.05) is 25.0 Å². The maximum atomic E-state index is 12.5. The molecule has 1 aromatic carbocycles. The first-order chi connectivity index (χ1) is 13.2. The molecule has 3 aromatic rings. The van der Waals surface area contributed by atoms with Gasteiger partial charge in [0.15, 0.2) is 5.69 Å². The molecule has 0 aliphatic rings. The number of fused-ring (bicyclic) bond motifs is 1. The Labute approximate surface area is 160 Å². The number of H-pyrrole nitrogens is 1. The number of rotatable bonds is 9. The van der Waals surface area contributed by atoms with E-state index in [0.29, 0.717) is 11.5 Å². The monoisotopic (exact) mass is 365 g/mol. The lowest BCUT2D eigenvalue weighted by molar-refractivity contribution is 0.0748. The zero-order valence-electron chi connectivity index (χ0n) is 16.0. The maximum Gasteiger partial charge on any atom is 0.274 e. The summed E-state index contributed by atoms with van der Waals surface area (Å²) in [5, 5.41) is 12.8. The van der Waals surface area contributed by atoms with Gasteiger partial charge in [-0.3, -0.25) is 4.79 Å². The molecule has 0 spiro atoms. The fourth-order valence-electron chi connectivity index (χ4n) is 3.22. The molecule has 6 heteroatoms. The molecule has 0 aliphatic carbocycles. The first kappa shape index (κ1) is 18.9. The van der Waals surface area contributed by atoms with Crippen molar-refractivity contribution in [1.29, 1.82) is 0 Å². The van der Waals surface area contributed by atoms with Gasteiger partial charge in [-0.25, -0.2) is 0 Å². The van der Waals surface area contributed by atoms with Crippen molar-refractivity contribution in [2.45, 2.75) is 33.1 Å². The maximum absolute atomic E-state index is 12.5. The number of amides is 1. The summed E-state index contributed by atoms with van der Waals surface area (Å²) in [5.74, 6) is 0.639. The molecule has 0 atom stereocenters. The zero-order valence-corrected chi connectivity index (χ0v) is 16.0. The Balaban J connectivity index is 1.56. The summed E-state index contributed by atoms with van der Waals surface area (Å²) in [4.78, 5) is 17.7. The quantitative estimate of drug-likeness (QED) is 0.604. The molecule has 0 bridgehead atoms. The van der Waals surface area contributed by atoms with Crippen molar-refractivity contribution < 1.29 is 4.79 Å². The standard InChI is InChI=1S/C21H27N5O/c1-3-13-26(14-4-2)21(27)19-9-10-20(25-24-19)22-12-11-16-15-23-18-8-6-5-7-17(16)18/h5-10,15,23H,3-4,11-14H2,1-2H3,(H,22,25). The van der Waals surface area contributed by atoms with Crippen LogP contribution >= 0.6 is 0 Å². The van der Waals surface area contributed by atoms with Gasteiger partial charge in [0, 0.05) is 36.7 Å². The fourth-order valence-corrected chi connectivity index (χ4v) is 3.22. The van der Waals surface area contributed by atoms with Gasteiger partial charge in [0.2, 0.25) is 0 Å². The smallest absolute Gasteiger partial charge is 0.274 e. The van der Waals surface area contributed by atoms with Gasteiger partial charge in [-0.1, -0.05) is 32.0 Å². The van der Waals surface area contributed by atoms with Crippen molar-refractivity contribution in [2.24, 2.45) is 0 Å². The lowest BCUT2D eigenvalue weighted by Gasteiger charge is -2.20. The first-order valence-corrected chi connectivity index (χ1v) is 9.64. The van der Waals surface area contributed by atoms with Gasteiger partial charge < -0.3 is 15.2 Å². The first-order valence-electron chi connectivity index (χ1n) is 9.64. The van der Waals surface area contributed by atoms with Crippen LogP contribution < -0.4 is 5.32 Å². The summed E-state index contributed by atoms with van der Waals surface area (Å²) in [6, 6.07) is 11.9. The van der Waals surface area contributed by atoms with E-state index in [1.54, 1.807) is 6.07 Å². The van der Waals surface area contributed by atoms with E-state index in [0.717, 1.165) is 44.4 Å². The molecule has 2 aromatic heterocycles. The molecule has 0 fully saturated rings. The molecule has 6 nitrogen and oxygen atoms in total. The van der Waals surface area contributed by atoms with Crippen molar-refractivity contribution >= 4 is 22.6 Å². The van der Waals surface area contributed by atoms with Crippen LogP contribution in [0.1, 0.15) is 42.7 Å². The Morgan fingerprint density at radius 2 is 1.85 bits per heavy atom. The molecule has 2 heterocycles. The number of carbonyl (C=O) groups is 1. The molecule has 0 unspecified atom stereocenters. The van der Waals surface area contributed by atoms with Crippen molar-refractivity contribution in [3.8, 4) is 0 Å². The van der Waals surface area contributed by atoms with Crippen LogP contribution in [-0.2, 0) is 6.42 Å². The number of aromatic amines is 1. The number of para-hydroxylation sites is 1. The number of carbonyl (C=O) groups excluding carboxylic acids is 1. The summed E-state index contributed by atoms with van der Waals surface area (Å²) in [6.07, 6.45) is 4.81. The zero-order chi connectivity index (χ0) is 19.1. The van der Waals surface area contributed by atoms with Gasteiger partial charge in [-0.15, -0.1) is 10.2 Å². The predicted octanol–water partition coefficient (Wildman–Crippen LogP) is 3.87. The van der Waals surface area contributed by atoms with Gasteiger partial charge in [0.25, 0.3) is 5.91 Å². The van der Waals surface area contributed by atoms with E-state index in [-0.39, 0.29) is 5.91 Å². The van der Waals surface area contributed by atoms with E-state index >= 15 is 0 Å². The molecule has 0 radical (unpaired) electrons. The second kappa shape index (κ2) is 9.16. The SMILES string of the molecule is CCCN(CCC)C(=O)c1ccc(NCCc2c[nH]c3ccccc23)nn1. The number of benzene rings is 1. The van der Waals surface area contributed by atoms with Crippen molar-refractivity contribution in [3.63, 3.8) is 0 Å². The molecule has 3 rings (SSSR count). The third-order valence-electron chi connectivity index (χ3n) is 4.53. The number of aromatic nitrogens is 3. The summed E-state index contributed by atoms with van der Waals surface area (Å²) in [6.45, 7) is 6.39. The molecule has 0 aliphatic heterocycles. The number of hydrogen-bond donors (Lipinski definition) is 2. The van der Waals surface area contributed by atoms with E-state index in [4.69, 9.17) is 0 Å². The van der Waals surface area contributed by atoms with Gasteiger partial charge in [0.05, 0.1) is 0 Å². The van der Waals surface area contributed by atoms with Crippen LogP contribution in [0.15, 0.2) is 42.6 Å². The predicted molar refractivity (Wildman–Crippen MR) is 109 cm³/mol. The van der Waals surface area contributed by atoms with Crippen molar-refractivity contribution in [3.05, 3.63) is 53.9 Å². The molecule has 142 valence electrons. The number of nitrogens with zero attached hydrogens (tertiary/aromatic N) is 3. The molecular formula is C21H27N5O. The number of anilines is 1. The van der Waals surface area contributed by atoms with Crippen LogP contribution in [0, 0.1) is 0 Å². The van der Waals surface area contributed by atoms with Gasteiger partial charge >= 0.3 is 0 Å². The largest absolute Gasteiger partial charge is 0.368 e. The van der Waals surface area contributed by atoms with Gasteiger partial charge in [-0.05, 0) is 43.0 Å². The summed E-state index contributed by atoms with van der Waals surface area (Å²) < 4.78 is 0. The van der Waals surface area contributed by atoms with Gasteiger partial charge in [0.1, 0.15) is 5.82 Å². The second-order valence-corrected chi connectivity index (χ2v) is 6.63. The summed E-state index contributed by atoms with van der Waals surface area (Å²) in [7, 11) is 0. The molecule has 0 saturated carbocycles. The molecule has 0 saturated heterocycles. The second-order valence-electron chi connectivity index (χ2n) is 6.63. The van der Waals surface area contributed by atoms with Crippen molar-refractivity contribution in [1.82, 2.24) is 20.1 Å². The highest BCUT2D eigenvalue weighted by atomic mass is 16.2. The Morgan fingerprint density at radius 1 is 1.07 bits per heavy atom. The minimum Gasteiger partial charge on any atom is -0.368 e. The Morgan fingerprint density at radius 3 is 2.56 bits per heavy atom. The average Bonchev–Trinajstić information content (AvgIpc) is 3.11. The third-order valence-corrected chi connectivity index (χ3v) is 4.53. The highest BCUT2D eigenvalue weighted by molar-refractivity contribution is 5.92. The third kappa shape index (κ3) is 4.64. The van der Waals surface area contributed by atoms with E-state index < -0.39 is 0 Å². The van der Waals surface area contributed by atoms with Crippen LogP contribution in [0.4, 0.5) is 5.82 Å². The minimum atomic E-state index is -0.0449. The highest BCUT2D eigenvalue weighted by Crippen LogP contribution is 2.18. The Kier molecular flexibility index (Phi) is 6.41. The van der Waals surface area contributed by atoms with Crippen LogP contribution in [0.2, 0.25) is 0 Å². The van der Waals surface area contributed by atoms with Crippen LogP contribution in [0.3, 0.4) is 0 Å². The van der Waals surface area contributed by atoms with Crippen LogP contribution in [0.5, 0.6) is 0 Å².